The molecule has 0 bridgehead atoms. The Kier molecular flexibility index (Phi) is 5.41. The Morgan fingerprint density at radius 2 is 1.47 bits per heavy atom. The molecule has 2 N–H and O–H groups in total. The molecule has 0 fully saturated rings. The van der Waals surface area contributed by atoms with Crippen molar-refractivity contribution in [1.29, 1.82) is 0 Å². The summed E-state index contributed by atoms with van der Waals surface area (Å²) in [5, 5.41) is 14.2. The zero-order valence-corrected chi connectivity index (χ0v) is 19.3. The number of furan rings is 1. The summed E-state index contributed by atoms with van der Waals surface area (Å²) < 4.78 is 11.4. The minimum absolute atomic E-state index is 0.0943. The average Bonchev–Trinajstić information content (AvgIpc) is 3.42. The van der Waals surface area contributed by atoms with Crippen LogP contribution in [0.15, 0.2) is 95.4 Å². The highest BCUT2D eigenvalue weighted by molar-refractivity contribution is 6.05. The molecule has 1 unspecified atom stereocenters. The molecule has 1 aliphatic carbocycles. The van der Waals surface area contributed by atoms with E-state index in [-0.39, 0.29) is 18.9 Å². The van der Waals surface area contributed by atoms with Gasteiger partial charge in [-0.2, -0.15) is 0 Å². The summed E-state index contributed by atoms with van der Waals surface area (Å²) in [4.78, 5) is 24.6. The SMILES string of the molecule is O=C(NC(Cc1ccc2oc3ccccc3c2c1)C(=O)O)OCC1c2ccccc2-c2ccccc21. The number of para-hydroxylation sites is 1. The number of ether oxygens (including phenoxy) is 1. The molecular weight excluding hydrogens is 454 g/mol. The van der Waals surface area contributed by atoms with Crippen LogP contribution in [0.1, 0.15) is 22.6 Å². The van der Waals surface area contributed by atoms with Gasteiger partial charge in [0.25, 0.3) is 0 Å². The van der Waals surface area contributed by atoms with E-state index in [1.807, 2.05) is 78.9 Å². The van der Waals surface area contributed by atoms with Gasteiger partial charge >= 0.3 is 12.1 Å². The fourth-order valence-corrected chi connectivity index (χ4v) is 5.12. The lowest BCUT2D eigenvalue weighted by Gasteiger charge is -2.17. The molecule has 36 heavy (non-hydrogen) atoms. The standard InChI is InChI=1S/C30H23NO5/c32-29(33)26(16-18-13-14-28-24(15-18)23-11-5-6-12-27(23)36-28)31-30(34)35-17-25-21-9-3-1-7-19(21)20-8-2-4-10-22(20)25/h1-15,25-26H,16-17H2,(H,31,34)(H,32,33). The first-order valence-corrected chi connectivity index (χ1v) is 11.8. The van der Waals surface area contributed by atoms with Gasteiger partial charge < -0.3 is 19.6 Å². The molecule has 0 saturated heterocycles. The third-order valence-electron chi connectivity index (χ3n) is 6.81. The van der Waals surface area contributed by atoms with Crippen molar-refractivity contribution in [1.82, 2.24) is 5.32 Å². The molecule has 5 aromatic rings. The lowest BCUT2D eigenvalue weighted by Crippen LogP contribution is -2.42. The number of rotatable bonds is 6. The number of carboxylic acids is 1. The molecular formula is C30H23NO5. The molecule has 6 heteroatoms. The van der Waals surface area contributed by atoms with E-state index in [2.05, 4.69) is 17.4 Å². The molecule has 0 saturated carbocycles. The van der Waals surface area contributed by atoms with Crippen LogP contribution in [-0.4, -0.2) is 29.8 Å². The lowest BCUT2D eigenvalue weighted by atomic mass is 9.98. The number of aliphatic carboxylic acids is 1. The Bertz CT molecular complexity index is 1570. The van der Waals surface area contributed by atoms with Gasteiger partial charge in [-0.25, -0.2) is 9.59 Å². The van der Waals surface area contributed by atoms with E-state index in [1.54, 1.807) is 0 Å². The number of amides is 1. The number of fused-ring (bicyclic) bond motifs is 6. The van der Waals surface area contributed by atoms with Crippen LogP contribution in [0.5, 0.6) is 0 Å². The number of alkyl carbamates (subject to hydrolysis) is 1. The number of carbonyl (C=O) groups excluding carboxylic acids is 1. The number of carboxylic acid groups (broad SMARTS) is 1. The zero-order valence-electron chi connectivity index (χ0n) is 19.3. The number of hydrogen-bond donors (Lipinski definition) is 2. The summed E-state index contributed by atoms with van der Waals surface area (Å²) >= 11 is 0. The van der Waals surface area contributed by atoms with Crippen molar-refractivity contribution >= 4 is 34.0 Å². The fraction of sp³-hybridized carbons (Fsp3) is 0.133. The molecule has 0 radical (unpaired) electrons. The Labute approximate surface area is 207 Å². The van der Waals surface area contributed by atoms with Crippen molar-refractivity contribution in [2.75, 3.05) is 6.61 Å². The maximum Gasteiger partial charge on any atom is 0.407 e. The highest BCUT2D eigenvalue weighted by Gasteiger charge is 2.30. The highest BCUT2D eigenvalue weighted by Crippen LogP contribution is 2.44. The number of hydrogen-bond acceptors (Lipinski definition) is 4. The van der Waals surface area contributed by atoms with Crippen molar-refractivity contribution in [3.63, 3.8) is 0 Å². The average molecular weight is 478 g/mol. The summed E-state index contributed by atoms with van der Waals surface area (Å²) in [7, 11) is 0. The normalized spacial score (nSPS) is 13.3. The van der Waals surface area contributed by atoms with Crippen molar-refractivity contribution in [3.05, 3.63) is 108 Å². The van der Waals surface area contributed by atoms with Gasteiger partial charge in [0.05, 0.1) is 0 Å². The Hall–Kier alpha value is -4.58. The molecule has 6 nitrogen and oxygen atoms in total. The first-order chi connectivity index (χ1) is 17.6. The predicted octanol–water partition coefficient (Wildman–Crippen LogP) is 6.12. The molecule has 178 valence electrons. The monoisotopic (exact) mass is 477 g/mol. The fourth-order valence-electron chi connectivity index (χ4n) is 5.12. The van der Waals surface area contributed by atoms with E-state index in [0.717, 1.165) is 49.8 Å². The molecule has 4 aromatic carbocycles. The topological polar surface area (TPSA) is 88.8 Å². The zero-order chi connectivity index (χ0) is 24.6. The van der Waals surface area contributed by atoms with E-state index in [4.69, 9.17) is 9.15 Å². The molecule has 1 aromatic heterocycles. The van der Waals surface area contributed by atoms with Gasteiger partial charge in [0.2, 0.25) is 0 Å². The van der Waals surface area contributed by atoms with Crippen LogP contribution >= 0.6 is 0 Å². The smallest absolute Gasteiger partial charge is 0.407 e. The van der Waals surface area contributed by atoms with Crippen molar-refractivity contribution < 1.29 is 23.8 Å². The van der Waals surface area contributed by atoms with Gasteiger partial charge in [0.1, 0.15) is 23.8 Å². The number of benzene rings is 4. The van der Waals surface area contributed by atoms with E-state index >= 15 is 0 Å². The van der Waals surface area contributed by atoms with E-state index in [0.29, 0.717) is 0 Å². The van der Waals surface area contributed by atoms with E-state index in [9.17, 15) is 14.7 Å². The van der Waals surface area contributed by atoms with Crippen molar-refractivity contribution in [2.45, 2.75) is 18.4 Å². The molecule has 1 atom stereocenters. The van der Waals surface area contributed by atoms with Gasteiger partial charge in [-0.3, -0.25) is 0 Å². The number of nitrogens with one attached hydrogen (secondary N) is 1. The maximum atomic E-state index is 12.7. The quantitative estimate of drug-likeness (QED) is 0.308. The summed E-state index contributed by atoms with van der Waals surface area (Å²) in [6.07, 6.45) is -0.631. The molecule has 0 aliphatic heterocycles. The minimum Gasteiger partial charge on any atom is -0.480 e. The molecule has 1 amide bonds. The van der Waals surface area contributed by atoms with Gasteiger partial charge in [0, 0.05) is 23.1 Å². The van der Waals surface area contributed by atoms with Gasteiger partial charge in [0.15, 0.2) is 0 Å². The maximum absolute atomic E-state index is 12.7. The van der Waals surface area contributed by atoms with Crippen LogP contribution in [0.3, 0.4) is 0 Å². The second-order valence-electron chi connectivity index (χ2n) is 8.99. The first kappa shape index (κ1) is 21.9. The van der Waals surface area contributed by atoms with Crippen LogP contribution in [0, 0.1) is 0 Å². The largest absolute Gasteiger partial charge is 0.480 e. The van der Waals surface area contributed by atoms with Crippen LogP contribution in [-0.2, 0) is 16.0 Å². The lowest BCUT2D eigenvalue weighted by molar-refractivity contribution is -0.139. The second kappa shape index (κ2) is 8.89. The van der Waals surface area contributed by atoms with Crippen molar-refractivity contribution in [2.24, 2.45) is 0 Å². The molecule has 1 heterocycles. The minimum atomic E-state index is -1.13. The van der Waals surface area contributed by atoms with E-state index < -0.39 is 18.1 Å². The molecule has 6 rings (SSSR count). The number of carbonyl (C=O) groups is 2. The summed E-state index contributed by atoms with van der Waals surface area (Å²) in [6.45, 7) is 0.124. The van der Waals surface area contributed by atoms with Crippen LogP contribution in [0.4, 0.5) is 4.79 Å². The third-order valence-corrected chi connectivity index (χ3v) is 6.81. The van der Waals surface area contributed by atoms with Gasteiger partial charge in [-0.05, 0) is 46.0 Å². The predicted molar refractivity (Wildman–Crippen MR) is 137 cm³/mol. The Morgan fingerprint density at radius 3 is 2.19 bits per heavy atom. The second-order valence-corrected chi connectivity index (χ2v) is 8.99. The summed E-state index contributed by atoms with van der Waals surface area (Å²) in [5.41, 5.74) is 6.75. The molecule has 0 spiro atoms. The van der Waals surface area contributed by atoms with Gasteiger partial charge in [-0.15, -0.1) is 0 Å². The Morgan fingerprint density at radius 1 is 0.833 bits per heavy atom. The van der Waals surface area contributed by atoms with Crippen molar-refractivity contribution in [3.8, 4) is 11.1 Å². The summed E-state index contributed by atoms with van der Waals surface area (Å²) in [5.74, 6) is -1.22. The van der Waals surface area contributed by atoms with Crippen LogP contribution in [0.2, 0.25) is 0 Å². The first-order valence-electron chi connectivity index (χ1n) is 11.8. The highest BCUT2D eigenvalue weighted by atomic mass is 16.5. The van der Waals surface area contributed by atoms with Crippen LogP contribution < -0.4 is 5.32 Å². The molecule has 1 aliphatic rings. The van der Waals surface area contributed by atoms with Crippen LogP contribution in [0.25, 0.3) is 33.1 Å². The van der Waals surface area contributed by atoms with Gasteiger partial charge in [-0.1, -0.05) is 72.8 Å². The Balaban J connectivity index is 1.17. The third kappa shape index (κ3) is 3.86. The summed E-state index contributed by atoms with van der Waals surface area (Å²) in [6, 6.07) is 28.3. The van der Waals surface area contributed by atoms with E-state index in [1.165, 1.54) is 0 Å².